The first-order chi connectivity index (χ1) is 12.8. The lowest BCUT2D eigenvalue weighted by molar-refractivity contribution is -0.113. The third-order valence-electron chi connectivity index (χ3n) is 3.89. The summed E-state index contributed by atoms with van der Waals surface area (Å²) in [5.41, 5.74) is 0.786. The molecular formula is C18H16FN3O4S. The molecule has 0 atom stereocenters. The first-order valence-electron chi connectivity index (χ1n) is 7.82. The predicted molar refractivity (Wildman–Crippen MR) is 99.3 cm³/mol. The summed E-state index contributed by atoms with van der Waals surface area (Å²) in [6, 6.07) is 11.7. The van der Waals surface area contributed by atoms with E-state index in [4.69, 9.17) is 4.74 Å². The molecule has 0 aliphatic carbocycles. The molecule has 0 radical (unpaired) electrons. The first-order valence-corrected chi connectivity index (χ1v) is 9.22. The van der Waals surface area contributed by atoms with E-state index in [0.29, 0.717) is 17.0 Å². The highest BCUT2D eigenvalue weighted by molar-refractivity contribution is 7.88. The molecule has 3 rings (SSSR count). The van der Waals surface area contributed by atoms with Crippen LogP contribution < -0.4 is 10.1 Å². The molecule has 0 spiro atoms. The SMILES string of the molecule is COc1ccc(NC(=O)C2=CC(c3ccc(F)cc3)=NS(=O)(=O)N2C)cc1. The van der Waals surface area contributed by atoms with Gasteiger partial charge in [-0.25, -0.2) is 8.70 Å². The minimum absolute atomic E-state index is 0.0491. The molecule has 1 heterocycles. The lowest BCUT2D eigenvalue weighted by atomic mass is 10.1. The number of nitrogens with one attached hydrogen (secondary N) is 1. The van der Waals surface area contributed by atoms with E-state index in [2.05, 4.69) is 9.71 Å². The van der Waals surface area contributed by atoms with Crippen molar-refractivity contribution >= 4 is 27.5 Å². The van der Waals surface area contributed by atoms with Crippen molar-refractivity contribution in [3.8, 4) is 5.75 Å². The van der Waals surface area contributed by atoms with E-state index in [0.717, 1.165) is 4.31 Å². The fraction of sp³-hybridized carbons (Fsp3) is 0.111. The number of benzene rings is 2. The summed E-state index contributed by atoms with van der Waals surface area (Å²) < 4.78 is 47.3. The number of nitrogens with zero attached hydrogens (tertiary/aromatic N) is 2. The third kappa shape index (κ3) is 3.98. The van der Waals surface area contributed by atoms with Gasteiger partial charge >= 0.3 is 10.2 Å². The topological polar surface area (TPSA) is 88.1 Å². The molecule has 0 saturated heterocycles. The average molecular weight is 389 g/mol. The van der Waals surface area contributed by atoms with Gasteiger partial charge in [-0.15, -0.1) is 4.40 Å². The van der Waals surface area contributed by atoms with E-state index in [1.807, 2.05) is 0 Å². The molecule has 0 aromatic heterocycles. The van der Waals surface area contributed by atoms with Crippen LogP contribution in [0.2, 0.25) is 0 Å². The number of halogens is 1. The van der Waals surface area contributed by atoms with Crippen molar-refractivity contribution in [2.45, 2.75) is 0 Å². The molecule has 140 valence electrons. The van der Waals surface area contributed by atoms with Crippen LogP contribution in [-0.4, -0.2) is 38.5 Å². The number of hydrogen-bond acceptors (Lipinski definition) is 4. The number of allylic oxidation sites excluding steroid dienone is 1. The van der Waals surface area contributed by atoms with Crippen molar-refractivity contribution in [3.63, 3.8) is 0 Å². The molecule has 7 nitrogen and oxygen atoms in total. The quantitative estimate of drug-likeness (QED) is 0.869. The van der Waals surface area contributed by atoms with Gasteiger partial charge in [0, 0.05) is 18.3 Å². The van der Waals surface area contributed by atoms with Crippen molar-refractivity contribution in [3.05, 3.63) is 71.7 Å². The maximum atomic E-state index is 13.1. The molecule has 1 amide bonds. The van der Waals surface area contributed by atoms with Crippen molar-refractivity contribution in [2.24, 2.45) is 4.40 Å². The number of anilines is 1. The fourth-order valence-electron chi connectivity index (χ4n) is 2.39. The number of carbonyl (C=O) groups excluding carboxylic acids is 1. The monoisotopic (exact) mass is 389 g/mol. The smallest absolute Gasteiger partial charge is 0.345 e. The van der Waals surface area contributed by atoms with Gasteiger partial charge in [-0.3, -0.25) is 4.79 Å². The van der Waals surface area contributed by atoms with Crippen LogP contribution in [0.5, 0.6) is 5.75 Å². The third-order valence-corrected chi connectivity index (χ3v) is 5.21. The van der Waals surface area contributed by atoms with Gasteiger partial charge < -0.3 is 10.1 Å². The van der Waals surface area contributed by atoms with Crippen LogP contribution in [0, 0.1) is 5.82 Å². The lowest BCUT2D eigenvalue weighted by Gasteiger charge is -2.23. The Labute approximate surface area is 156 Å². The zero-order chi connectivity index (χ0) is 19.6. The molecular weight excluding hydrogens is 373 g/mol. The van der Waals surface area contributed by atoms with Gasteiger partial charge in [-0.1, -0.05) is 0 Å². The summed E-state index contributed by atoms with van der Waals surface area (Å²) in [5.74, 6) is -0.465. The Morgan fingerprint density at radius 3 is 2.33 bits per heavy atom. The van der Waals surface area contributed by atoms with Crippen LogP contribution in [0.4, 0.5) is 10.1 Å². The summed E-state index contributed by atoms with van der Waals surface area (Å²) >= 11 is 0. The second-order valence-electron chi connectivity index (χ2n) is 5.64. The average Bonchev–Trinajstić information content (AvgIpc) is 2.65. The summed E-state index contributed by atoms with van der Waals surface area (Å²) in [7, 11) is -1.33. The molecule has 1 aliphatic rings. The molecule has 1 N–H and O–H groups in total. The number of amides is 1. The highest BCUT2D eigenvalue weighted by Gasteiger charge is 2.30. The van der Waals surface area contributed by atoms with E-state index in [-0.39, 0.29) is 11.4 Å². The molecule has 0 saturated carbocycles. The minimum atomic E-state index is -4.09. The van der Waals surface area contributed by atoms with Crippen LogP contribution in [0.3, 0.4) is 0 Å². The van der Waals surface area contributed by atoms with Crippen molar-refractivity contribution in [1.29, 1.82) is 0 Å². The lowest BCUT2D eigenvalue weighted by Crippen LogP contribution is -2.35. The van der Waals surface area contributed by atoms with E-state index >= 15 is 0 Å². The van der Waals surface area contributed by atoms with Crippen LogP contribution >= 0.6 is 0 Å². The fourth-order valence-corrected chi connectivity index (χ4v) is 3.30. The van der Waals surface area contributed by atoms with Crippen LogP contribution in [0.15, 0.2) is 64.7 Å². The highest BCUT2D eigenvalue weighted by Crippen LogP contribution is 2.22. The van der Waals surface area contributed by atoms with E-state index in [9.17, 15) is 17.6 Å². The second-order valence-corrected chi connectivity index (χ2v) is 7.27. The van der Waals surface area contributed by atoms with E-state index < -0.39 is 21.9 Å². The number of carbonyl (C=O) groups is 1. The Hall–Kier alpha value is -3.20. The Morgan fingerprint density at radius 2 is 1.74 bits per heavy atom. The zero-order valence-electron chi connectivity index (χ0n) is 14.5. The summed E-state index contributed by atoms with van der Waals surface area (Å²) in [6.07, 6.45) is 1.34. The Kier molecular flexibility index (Phi) is 4.95. The van der Waals surface area contributed by atoms with Gasteiger partial charge in [0.25, 0.3) is 5.91 Å². The summed E-state index contributed by atoms with van der Waals surface area (Å²) in [4.78, 5) is 12.6. The molecule has 0 fully saturated rings. The maximum absolute atomic E-state index is 13.1. The van der Waals surface area contributed by atoms with Crippen LogP contribution in [-0.2, 0) is 15.0 Å². The van der Waals surface area contributed by atoms with E-state index in [1.165, 1.54) is 44.5 Å². The number of ether oxygens (including phenoxy) is 1. The van der Waals surface area contributed by atoms with Gasteiger partial charge in [0.15, 0.2) is 0 Å². The van der Waals surface area contributed by atoms with Crippen molar-refractivity contribution < 1.29 is 22.3 Å². The van der Waals surface area contributed by atoms with Gasteiger partial charge in [-0.05, 0) is 54.6 Å². The van der Waals surface area contributed by atoms with Crippen LogP contribution in [0.25, 0.3) is 0 Å². The number of likely N-dealkylation sites (N-methyl/N-ethyl adjacent to an activating group) is 1. The maximum Gasteiger partial charge on any atom is 0.345 e. The number of methoxy groups -OCH3 is 1. The Morgan fingerprint density at radius 1 is 1.11 bits per heavy atom. The number of rotatable bonds is 4. The molecule has 9 heteroatoms. The van der Waals surface area contributed by atoms with Crippen molar-refractivity contribution in [1.82, 2.24) is 4.31 Å². The molecule has 2 aromatic rings. The minimum Gasteiger partial charge on any atom is -0.497 e. The standard InChI is InChI=1S/C18H16FN3O4S/c1-22-17(18(23)20-14-7-9-15(26-2)10-8-14)11-16(21-27(22,24)25)12-3-5-13(19)6-4-12/h3-11H,1-2H3,(H,20,23). The summed E-state index contributed by atoms with van der Waals surface area (Å²) in [6.45, 7) is 0. The van der Waals surface area contributed by atoms with Gasteiger partial charge in [0.05, 0.1) is 12.8 Å². The van der Waals surface area contributed by atoms with Gasteiger partial charge in [0.1, 0.15) is 17.3 Å². The largest absolute Gasteiger partial charge is 0.497 e. The molecule has 0 unspecified atom stereocenters. The molecule has 1 aliphatic heterocycles. The molecule has 0 bridgehead atoms. The summed E-state index contributed by atoms with van der Waals surface area (Å²) in [5, 5.41) is 2.63. The van der Waals surface area contributed by atoms with Gasteiger partial charge in [0.2, 0.25) is 0 Å². The zero-order valence-corrected chi connectivity index (χ0v) is 15.3. The van der Waals surface area contributed by atoms with Gasteiger partial charge in [-0.2, -0.15) is 8.42 Å². The predicted octanol–water partition coefficient (Wildman–Crippen LogP) is 2.34. The molecule has 2 aromatic carbocycles. The second kappa shape index (κ2) is 7.20. The normalized spacial score (nSPS) is 15.6. The highest BCUT2D eigenvalue weighted by atomic mass is 32.2. The Balaban J connectivity index is 1.92. The van der Waals surface area contributed by atoms with Crippen molar-refractivity contribution in [2.75, 3.05) is 19.5 Å². The first kappa shape index (κ1) is 18.6. The molecule has 27 heavy (non-hydrogen) atoms. The number of hydrogen-bond donors (Lipinski definition) is 1. The van der Waals surface area contributed by atoms with Crippen LogP contribution in [0.1, 0.15) is 5.56 Å². The Bertz CT molecular complexity index is 1030. The van der Waals surface area contributed by atoms with E-state index in [1.54, 1.807) is 24.3 Å².